The van der Waals surface area contributed by atoms with Gasteiger partial charge in [-0.25, -0.2) is 0 Å². The Balaban J connectivity index is 2.86. The van der Waals surface area contributed by atoms with Crippen molar-refractivity contribution in [3.05, 3.63) is 28.2 Å². The first-order valence-electron chi connectivity index (χ1n) is 3.89. The second-order valence-corrected chi connectivity index (χ2v) is 4.58. The minimum atomic E-state index is 0.595. The molecule has 0 aliphatic rings. The van der Waals surface area contributed by atoms with Gasteiger partial charge in [-0.05, 0) is 23.4 Å². The maximum atomic E-state index is 5.54. The average Bonchev–Trinajstić information content (AvgIpc) is 2.05. The molecule has 0 spiro atoms. The third-order valence-corrected chi connectivity index (χ3v) is 3.17. The first-order chi connectivity index (χ1) is 5.77. The van der Waals surface area contributed by atoms with Crippen LogP contribution in [0.5, 0.6) is 0 Å². The van der Waals surface area contributed by atoms with Crippen LogP contribution in [0.15, 0.2) is 27.6 Å². The van der Waals surface area contributed by atoms with E-state index in [0.717, 1.165) is 15.8 Å². The quantitative estimate of drug-likeness (QED) is 0.829. The SMILES string of the molecule is CCSc1ccc(CN)c(Br)c1. The normalized spacial score (nSPS) is 10.2. The van der Waals surface area contributed by atoms with Gasteiger partial charge in [-0.15, -0.1) is 11.8 Å². The first kappa shape index (κ1) is 10.1. The zero-order valence-corrected chi connectivity index (χ0v) is 9.41. The highest BCUT2D eigenvalue weighted by Gasteiger charge is 1.98. The molecule has 1 aromatic carbocycles. The second-order valence-electron chi connectivity index (χ2n) is 2.39. The summed E-state index contributed by atoms with van der Waals surface area (Å²) in [5.41, 5.74) is 6.70. The largest absolute Gasteiger partial charge is 0.326 e. The zero-order valence-electron chi connectivity index (χ0n) is 7.01. The summed E-state index contributed by atoms with van der Waals surface area (Å²) in [6.45, 7) is 2.74. The fourth-order valence-electron chi connectivity index (χ4n) is 0.950. The van der Waals surface area contributed by atoms with Gasteiger partial charge >= 0.3 is 0 Å². The Bertz CT molecular complexity index is 263. The van der Waals surface area contributed by atoms with Crippen LogP contribution in [0.1, 0.15) is 12.5 Å². The van der Waals surface area contributed by atoms with Crippen molar-refractivity contribution in [3.63, 3.8) is 0 Å². The fraction of sp³-hybridized carbons (Fsp3) is 0.333. The smallest absolute Gasteiger partial charge is 0.0231 e. The van der Waals surface area contributed by atoms with Crippen molar-refractivity contribution < 1.29 is 0 Å². The predicted molar refractivity (Wildman–Crippen MR) is 58.4 cm³/mol. The average molecular weight is 246 g/mol. The van der Waals surface area contributed by atoms with Crippen molar-refractivity contribution in [3.8, 4) is 0 Å². The number of halogens is 1. The van der Waals surface area contributed by atoms with Gasteiger partial charge < -0.3 is 5.73 Å². The minimum absolute atomic E-state index is 0.595. The Morgan fingerprint density at radius 3 is 2.75 bits per heavy atom. The first-order valence-corrected chi connectivity index (χ1v) is 5.67. The maximum Gasteiger partial charge on any atom is 0.0231 e. The summed E-state index contributed by atoms with van der Waals surface area (Å²) in [6, 6.07) is 6.31. The molecule has 0 unspecified atom stereocenters. The Labute approximate surface area is 85.9 Å². The van der Waals surface area contributed by atoms with Crippen LogP contribution in [0.3, 0.4) is 0 Å². The summed E-state index contributed by atoms with van der Waals surface area (Å²) in [5.74, 6) is 1.11. The van der Waals surface area contributed by atoms with Gasteiger partial charge in [-0.3, -0.25) is 0 Å². The fourth-order valence-corrected chi connectivity index (χ4v) is 2.34. The second kappa shape index (κ2) is 4.90. The van der Waals surface area contributed by atoms with Crippen molar-refractivity contribution in [2.24, 2.45) is 5.73 Å². The number of hydrogen-bond donors (Lipinski definition) is 1. The molecule has 0 aliphatic carbocycles. The van der Waals surface area contributed by atoms with Crippen molar-refractivity contribution in [2.75, 3.05) is 5.75 Å². The third kappa shape index (κ3) is 2.51. The van der Waals surface area contributed by atoms with Crippen LogP contribution in [-0.2, 0) is 6.54 Å². The lowest BCUT2D eigenvalue weighted by Gasteiger charge is -2.03. The van der Waals surface area contributed by atoms with Gasteiger partial charge in [0.2, 0.25) is 0 Å². The highest BCUT2D eigenvalue weighted by molar-refractivity contribution is 9.10. The highest BCUT2D eigenvalue weighted by atomic mass is 79.9. The van der Waals surface area contributed by atoms with Gasteiger partial charge in [0, 0.05) is 15.9 Å². The van der Waals surface area contributed by atoms with Crippen LogP contribution < -0.4 is 5.73 Å². The van der Waals surface area contributed by atoms with Crippen molar-refractivity contribution in [1.82, 2.24) is 0 Å². The van der Waals surface area contributed by atoms with Gasteiger partial charge in [0.25, 0.3) is 0 Å². The van der Waals surface area contributed by atoms with Gasteiger partial charge in [-0.2, -0.15) is 0 Å². The Hall–Kier alpha value is 0.01000. The van der Waals surface area contributed by atoms with Gasteiger partial charge in [-0.1, -0.05) is 28.9 Å². The zero-order chi connectivity index (χ0) is 8.97. The summed E-state index contributed by atoms with van der Waals surface area (Å²) >= 11 is 5.32. The Morgan fingerprint density at radius 1 is 1.50 bits per heavy atom. The maximum absolute atomic E-state index is 5.54. The molecule has 0 heterocycles. The summed E-state index contributed by atoms with van der Waals surface area (Å²) in [5, 5.41) is 0. The van der Waals surface area contributed by atoms with Crippen LogP contribution >= 0.6 is 27.7 Å². The number of nitrogens with two attached hydrogens (primary N) is 1. The number of thioether (sulfide) groups is 1. The summed E-state index contributed by atoms with van der Waals surface area (Å²) in [4.78, 5) is 1.29. The van der Waals surface area contributed by atoms with E-state index in [1.165, 1.54) is 4.90 Å². The molecule has 0 bridgehead atoms. The molecule has 0 aliphatic heterocycles. The number of benzene rings is 1. The Kier molecular flexibility index (Phi) is 4.12. The van der Waals surface area contributed by atoms with Crippen molar-refractivity contribution in [1.29, 1.82) is 0 Å². The topological polar surface area (TPSA) is 26.0 Å². The minimum Gasteiger partial charge on any atom is -0.326 e. The van der Waals surface area contributed by atoms with Crippen LogP contribution in [-0.4, -0.2) is 5.75 Å². The number of rotatable bonds is 3. The third-order valence-electron chi connectivity index (χ3n) is 1.56. The lowest BCUT2D eigenvalue weighted by Crippen LogP contribution is -1.96. The molecular formula is C9H12BrNS. The van der Waals surface area contributed by atoms with Crippen LogP contribution in [0.2, 0.25) is 0 Å². The molecule has 3 heteroatoms. The molecule has 0 saturated heterocycles. The molecule has 0 atom stereocenters. The van der Waals surface area contributed by atoms with Gasteiger partial charge in [0.05, 0.1) is 0 Å². The van der Waals surface area contributed by atoms with E-state index < -0.39 is 0 Å². The van der Waals surface area contributed by atoms with E-state index in [4.69, 9.17) is 5.73 Å². The van der Waals surface area contributed by atoms with Gasteiger partial charge in [0.1, 0.15) is 0 Å². The molecule has 1 rings (SSSR count). The summed E-state index contributed by atoms with van der Waals surface area (Å²) < 4.78 is 1.11. The van der Waals surface area contributed by atoms with E-state index in [1.54, 1.807) is 0 Å². The molecule has 1 nitrogen and oxygen atoms in total. The molecule has 0 fully saturated rings. The van der Waals surface area contributed by atoms with E-state index in [-0.39, 0.29) is 0 Å². The lowest BCUT2D eigenvalue weighted by molar-refractivity contribution is 1.05. The van der Waals surface area contributed by atoms with Gasteiger partial charge in [0.15, 0.2) is 0 Å². The predicted octanol–water partition coefficient (Wildman–Crippen LogP) is 3.02. The summed E-state index contributed by atoms with van der Waals surface area (Å²) in [6.07, 6.45) is 0. The van der Waals surface area contributed by atoms with E-state index in [0.29, 0.717) is 6.54 Å². The van der Waals surface area contributed by atoms with E-state index in [9.17, 15) is 0 Å². The molecule has 12 heavy (non-hydrogen) atoms. The van der Waals surface area contributed by atoms with Crippen molar-refractivity contribution >= 4 is 27.7 Å². The van der Waals surface area contributed by atoms with E-state index in [2.05, 4.69) is 41.1 Å². The monoisotopic (exact) mass is 245 g/mol. The van der Waals surface area contributed by atoms with Crippen LogP contribution in [0.25, 0.3) is 0 Å². The van der Waals surface area contributed by atoms with E-state index >= 15 is 0 Å². The standard InChI is InChI=1S/C9H12BrNS/c1-2-12-8-4-3-7(6-11)9(10)5-8/h3-5H,2,6,11H2,1H3. The molecule has 0 amide bonds. The van der Waals surface area contributed by atoms with Crippen molar-refractivity contribution in [2.45, 2.75) is 18.4 Å². The molecule has 0 saturated carbocycles. The molecule has 0 aromatic heterocycles. The highest BCUT2D eigenvalue weighted by Crippen LogP contribution is 2.24. The number of hydrogen-bond acceptors (Lipinski definition) is 2. The molecular weight excluding hydrogens is 234 g/mol. The lowest BCUT2D eigenvalue weighted by atomic mass is 10.2. The van der Waals surface area contributed by atoms with Crippen LogP contribution in [0.4, 0.5) is 0 Å². The Morgan fingerprint density at radius 2 is 2.25 bits per heavy atom. The molecule has 0 radical (unpaired) electrons. The molecule has 2 N–H and O–H groups in total. The molecule has 66 valence electrons. The van der Waals surface area contributed by atoms with E-state index in [1.807, 2.05) is 11.8 Å². The van der Waals surface area contributed by atoms with Crippen LogP contribution in [0, 0.1) is 0 Å². The molecule has 1 aromatic rings. The summed E-state index contributed by atoms with van der Waals surface area (Å²) in [7, 11) is 0.